The van der Waals surface area contributed by atoms with Crippen LogP contribution in [0.15, 0.2) is 60.7 Å². The second-order valence-corrected chi connectivity index (χ2v) is 10.1. The molecule has 212 valence electrons. The largest absolute Gasteiger partial charge is 0.493 e. The molecule has 7 nitrogen and oxygen atoms in total. The van der Waals surface area contributed by atoms with Crippen molar-refractivity contribution in [3.8, 4) is 22.6 Å². The smallest absolute Gasteiger partial charge is 0.335 e. The molecule has 0 spiro atoms. The van der Waals surface area contributed by atoms with E-state index < -0.39 is 5.97 Å². The number of nitrogens with one attached hydrogen (secondary N) is 1. The van der Waals surface area contributed by atoms with Gasteiger partial charge in [-0.3, -0.25) is 4.79 Å². The zero-order valence-electron chi connectivity index (χ0n) is 23.3. The van der Waals surface area contributed by atoms with Crippen LogP contribution in [-0.2, 0) is 11.3 Å². The van der Waals surface area contributed by atoms with Crippen LogP contribution in [0.25, 0.3) is 11.1 Å². The van der Waals surface area contributed by atoms with Gasteiger partial charge in [0.05, 0.1) is 24.3 Å². The summed E-state index contributed by atoms with van der Waals surface area (Å²) in [6, 6.07) is 16.8. The number of anilines is 1. The Hall–Kier alpha value is -3.91. The number of carbonyl (C=O) groups is 2. The molecule has 2 N–H and O–H groups in total. The Kier molecular flexibility index (Phi) is 9.42. The molecule has 0 bridgehead atoms. The van der Waals surface area contributed by atoms with E-state index >= 15 is 0 Å². The van der Waals surface area contributed by atoms with Crippen LogP contribution in [0.1, 0.15) is 56.0 Å². The van der Waals surface area contributed by atoms with E-state index in [9.17, 15) is 14.0 Å². The zero-order chi connectivity index (χ0) is 28.7. The number of hydrogen-bond acceptors (Lipinski definition) is 5. The first kappa shape index (κ1) is 29.1. The molecule has 0 saturated carbocycles. The van der Waals surface area contributed by atoms with Crippen LogP contribution in [0, 0.1) is 11.2 Å². The SMILES string of the molecule is CCOc1cc(CNCCC2(CC)CC(=O)N(c3ccc(C(=O)O)cc3)C2)cc(OCC)c1-c1ccc(F)cc1. The molecular weight excluding hydrogens is 511 g/mol. The summed E-state index contributed by atoms with van der Waals surface area (Å²) in [4.78, 5) is 25.9. The van der Waals surface area contributed by atoms with E-state index in [0.717, 1.165) is 41.8 Å². The lowest BCUT2D eigenvalue weighted by molar-refractivity contribution is -0.117. The minimum absolute atomic E-state index is 0.0593. The molecule has 1 unspecified atom stereocenters. The third-order valence-corrected chi connectivity index (χ3v) is 7.52. The first-order chi connectivity index (χ1) is 19.3. The van der Waals surface area contributed by atoms with Crippen molar-refractivity contribution in [2.75, 3.05) is 31.2 Å². The summed E-state index contributed by atoms with van der Waals surface area (Å²) < 4.78 is 25.5. The Morgan fingerprint density at radius 2 is 1.62 bits per heavy atom. The molecule has 1 aliphatic heterocycles. The van der Waals surface area contributed by atoms with Gasteiger partial charge in [0.1, 0.15) is 17.3 Å². The monoisotopic (exact) mass is 548 g/mol. The fourth-order valence-electron chi connectivity index (χ4n) is 5.27. The van der Waals surface area contributed by atoms with Crippen LogP contribution in [0.4, 0.5) is 10.1 Å². The molecule has 0 aromatic heterocycles. The van der Waals surface area contributed by atoms with Gasteiger partial charge < -0.3 is 24.8 Å². The summed E-state index contributed by atoms with van der Waals surface area (Å²) in [6.07, 6.45) is 2.14. The van der Waals surface area contributed by atoms with Gasteiger partial charge in [0.25, 0.3) is 0 Å². The predicted molar refractivity (Wildman–Crippen MR) is 154 cm³/mol. The zero-order valence-corrected chi connectivity index (χ0v) is 23.3. The standard InChI is InChI=1S/C32H37FN2O5/c1-4-32(19-29(36)35(21-32)26-13-9-24(10-14-26)31(37)38)15-16-34-20-22-17-27(39-5-2)30(28(18-22)40-6-3)23-7-11-25(33)12-8-23/h7-14,17-18,34H,4-6,15-16,19-21H2,1-3H3,(H,37,38). The average molecular weight is 549 g/mol. The van der Waals surface area contributed by atoms with Crippen molar-refractivity contribution in [2.45, 2.75) is 46.6 Å². The molecule has 0 aliphatic carbocycles. The summed E-state index contributed by atoms with van der Waals surface area (Å²) >= 11 is 0. The molecule has 40 heavy (non-hydrogen) atoms. The van der Waals surface area contributed by atoms with Crippen LogP contribution in [0.2, 0.25) is 0 Å². The molecule has 0 radical (unpaired) electrons. The fourth-order valence-corrected chi connectivity index (χ4v) is 5.27. The summed E-state index contributed by atoms with van der Waals surface area (Å²) in [5, 5.41) is 12.7. The van der Waals surface area contributed by atoms with Crippen molar-refractivity contribution in [3.05, 3.63) is 77.6 Å². The number of nitrogens with zero attached hydrogens (tertiary/aromatic N) is 1. The van der Waals surface area contributed by atoms with Crippen molar-refractivity contribution in [1.29, 1.82) is 0 Å². The van der Waals surface area contributed by atoms with Gasteiger partial charge in [-0.15, -0.1) is 0 Å². The maximum Gasteiger partial charge on any atom is 0.335 e. The molecule has 1 saturated heterocycles. The topological polar surface area (TPSA) is 88.1 Å². The van der Waals surface area contributed by atoms with Crippen molar-refractivity contribution < 1.29 is 28.6 Å². The Labute approximate surface area is 234 Å². The van der Waals surface area contributed by atoms with Crippen molar-refractivity contribution in [2.24, 2.45) is 5.41 Å². The van der Waals surface area contributed by atoms with Crippen LogP contribution in [-0.4, -0.2) is 43.3 Å². The first-order valence-electron chi connectivity index (χ1n) is 13.8. The molecule has 3 aromatic carbocycles. The summed E-state index contributed by atoms with van der Waals surface area (Å²) in [7, 11) is 0. The van der Waals surface area contributed by atoms with Gasteiger partial charge in [0.2, 0.25) is 5.91 Å². The third-order valence-electron chi connectivity index (χ3n) is 7.52. The van der Waals surface area contributed by atoms with Gasteiger partial charge in [-0.05, 0) is 98.3 Å². The van der Waals surface area contributed by atoms with Gasteiger partial charge in [0, 0.05) is 25.2 Å². The van der Waals surface area contributed by atoms with Crippen molar-refractivity contribution in [1.82, 2.24) is 5.32 Å². The molecular formula is C32H37FN2O5. The van der Waals surface area contributed by atoms with E-state index in [4.69, 9.17) is 14.6 Å². The summed E-state index contributed by atoms with van der Waals surface area (Å²) in [5.74, 6) is 0.151. The number of aromatic carboxylic acids is 1. The van der Waals surface area contributed by atoms with Crippen LogP contribution in [0.5, 0.6) is 11.5 Å². The first-order valence-corrected chi connectivity index (χ1v) is 13.8. The van der Waals surface area contributed by atoms with Crippen molar-refractivity contribution in [3.63, 3.8) is 0 Å². The van der Waals surface area contributed by atoms with Gasteiger partial charge in [-0.1, -0.05) is 19.1 Å². The van der Waals surface area contributed by atoms with Crippen molar-refractivity contribution >= 4 is 17.6 Å². The molecule has 4 rings (SSSR count). The quantitative estimate of drug-likeness (QED) is 0.244. The van der Waals surface area contributed by atoms with E-state index in [1.807, 2.05) is 26.0 Å². The number of carboxylic acids is 1. The second-order valence-electron chi connectivity index (χ2n) is 10.1. The van der Waals surface area contributed by atoms with Gasteiger partial charge in [-0.25, -0.2) is 9.18 Å². The number of hydrogen-bond donors (Lipinski definition) is 2. The van der Waals surface area contributed by atoms with Crippen LogP contribution >= 0.6 is 0 Å². The molecule has 3 aromatic rings. The van der Waals surface area contributed by atoms with E-state index in [0.29, 0.717) is 44.2 Å². The van der Waals surface area contributed by atoms with Gasteiger partial charge in [-0.2, -0.15) is 0 Å². The van der Waals surface area contributed by atoms with Crippen LogP contribution in [0.3, 0.4) is 0 Å². The third kappa shape index (κ3) is 6.62. The number of benzene rings is 3. The number of amides is 1. The number of halogens is 1. The lowest BCUT2D eigenvalue weighted by Gasteiger charge is -2.27. The van der Waals surface area contributed by atoms with E-state index in [2.05, 4.69) is 12.2 Å². The normalized spacial score (nSPS) is 16.8. The Bertz CT molecular complexity index is 1300. The molecule has 1 amide bonds. The summed E-state index contributed by atoms with van der Waals surface area (Å²) in [5.41, 5.74) is 3.41. The maximum absolute atomic E-state index is 13.6. The van der Waals surface area contributed by atoms with E-state index in [1.54, 1.807) is 29.2 Å². The number of carboxylic acid groups (broad SMARTS) is 1. The Morgan fingerprint density at radius 3 is 2.17 bits per heavy atom. The highest BCUT2D eigenvalue weighted by atomic mass is 19.1. The highest BCUT2D eigenvalue weighted by Crippen LogP contribution is 2.41. The predicted octanol–water partition coefficient (Wildman–Crippen LogP) is 6.30. The Morgan fingerprint density at radius 1 is 1.00 bits per heavy atom. The number of ether oxygens (including phenoxy) is 2. The van der Waals surface area contributed by atoms with Gasteiger partial charge in [0.15, 0.2) is 0 Å². The lowest BCUT2D eigenvalue weighted by atomic mass is 9.81. The minimum atomic E-state index is -0.986. The van der Waals surface area contributed by atoms with Crippen LogP contribution < -0.4 is 19.7 Å². The molecule has 1 fully saturated rings. The number of carbonyl (C=O) groups excluding carboxylic acids is 1. The molecule has 8 heteroatoms. The minimum Gasteiger partial charge on any atom is -0.493 e. The lowest BCUT2D eigenvalue weighted by Crippen LogP contribution is -2.31. The Balaban J connectivity index is 1.44. The van der Waals surface area contributed by atoms with Gasteiger partial charge >= 0.3 is 5.97 Å². The highest BCUT2D eigenvalue weighted by molar-refractivity contribution is 5.97. The summed E-state index contributed by atoms with van der Waals surface area (Å²) in [6.45, 7) is 8.86. The van der Waals surface area contributed by atoms with E-state index in [-0.39, 0.29) is 22.7 Å². The molecule has 1 aliphatic rings. The fraction of sp³-hybridized carbons (Fsp3) is 0.375. The average Bonchev–Trinajstić information content (AvgIpc) is 3.29. The van der Waals surface area contributed by atoms with E-state index in [1.165, 1.54) is 24.3 Å². The highest BCUT2D eigenvalue weighted by Gasteiger charge is 2.41. The second kappa shape index (κ2) is 13.0. The number of rotatable bonds is 13. The molecule has 1 atom stereocenters. The maximum atomic E-state index is 13.6. The molecule has 1 heterocycles.